The van der Waals surface area contributed by atoms with E-state index in [4.69, 9.17) is 4.74 Å². The van der Waals surface area contributed by atoms with Crippen LogP contribution in [0.4, 0.5) is 5.69 Å². The molecule has 0 aliphatic carbocycles. The first-order valence-corrected chi connectivity index (χ1v) is 15.3. The maximum Gasteiger partial charge on any atom is 1.00 e. The summed E-state index contributed by atoms with van der Waals surface area (Å²) in [6.45, 7) is 1.43. The van der Waals surface area contributed by atoms with Gasteiger partial charge in [-0.25, -0.2) is 25.3 Å². The molecule has 0 aromatic heterocycles. The molecular weight excluding hydrogens is 659 g/mol. The van der Waals surface area contributed by atoms with Crippen LogP contribution in [-0.4, -0.2) is 43.8 Å². The van der Waals surface area contributed by atoms with Crippen LogP contribution in [0.2, 0.25) is 0 Å². The number of nitrogens with zero attached hydrogens (tertiary/aromatic N) is 1. The van der Waals surface area contributed by atoms with E-state index in [2.05, 4.69) is 0 Å². The topological polar surface area (TPSA) is 224 Å². The van der Waals surface area contributed by atoms with Gasteiger partial charge in [-0.2, -0.15) is 0 Å². The van der Waals surface area contributed by atoms with Gasteiger partial charge in [0, 0.05) is 38.4 Å². The van der Waals surface area contributed by atoms with Crippen LogP contribution < -0.4 is 93.4 Å². The maximum atomic E-state index is 12.3. The minimum atomic E-state index is -5.36. The SMILES string of the molecule is CC(Oc1cc(S(=O)(=O)[O-])c2ccc3c(S(=O)(=O)[O-])cc(S(=O)(=O)[O-])c4ccc1c2c43)c1ccccc1[N+](=O)[O-].[Na+].[Na+].[Na+]. The summed E-state index contributed by atoms with van der Waals surface area (Å²) in [5, 5.41) is 10.2. The van der Waals surface area contributed by atoms with E-state index in [1.54, 1.807) is 0 Å². The molecule has 5 rings (SSSR count). The summed E-state index contributed by atoms with van der Waals surface area (Å²) in [5.41, 5.74) is -0.204. The Morgan fingerprint density at radius 1 is 0.651 bits per heavy atom. The first kappa shape index (κ1) is 38.3. The molecule has 19 heteroatoms. The summed E-state index contributed by atoms with van der Waals surface area (Å²) in [6.07, 6.45) is -1.09. The molecule has 5 aromatic rings. The Bertz CT molecular complexity index is 2170. The van der Waals surface area contributed by atoms with Gasteiger partial charge < -0.3 is 18.4 Å². The Morgan fingerprint density at radius 3 is 1.49 bits per heavy atom. The van der Waals surface area contributed by atoms with Crippen LogP contribution in [0.15, 0.2) is 75.4 Å². The van der Waals surface area contributed by atoms with Crippen molar-refractivity contribution in [3.05, 3.63) is 76.3 Å². The van der Waals surface area contributed by atoms with Gasteiger partial charge in [0.25, 0.3) is 5.69 Å². The number of nitro benzene ring substituents is 1. The summed E-state index contributed by atoms with van der Waals surface area (Å²) >= 11 is 0. The Hall–Kier alpha value is -0.930. The van der Waals surface area contributed by atoms with Crippen molar-refractivity contribution >= 4 is 68.4 Å². The number of rotatable bonds is 7. The fourth-order valence-corrected chi connectivity index (χ4v) is 7.00. The van der Waals surface area contributed by atoms with E-state index in [-0.39, 0.29) is 138 Å². The maximum absolute atomic E-state index is 12.3. The van der Waals surface area contributed by atoms with Crippen LogP contribution in [0.25, 0.3) is 32.3 Å². The molecule has 0 fully saturated rings. The van der Waals surface area contributed by atoms with Gasteiger partial charge in [0.1, 0.15) is 42.2 Å². The van der Waals surface area contributed by atoms with E-state index in [1.165, 1.54) is 37.3 Å². The molecular formula is C24H14NNa3O12S3. The zero-order valence-electron chi connectivity index (χ0n) is 22.9. The molecule has 0 heterocycles. The van der Waals surface area contributed by atoms with E-state index >= 15 is 0 Å². The van der Waals surface area contributed by atoms with Crippen LogP contribution >= 0.6 is 0 Å². The van der Waals surface area contributed by atoms with Gasteiger partial charge in [-0.3, -0.25) is 10.1 Å². The van der Waals surface area contributed by atoms with Crippen LogP contribution in [0.3, 0.4) is 0 Å². The Morgan fingerprint density at radius 2 is 1.05 bits per heavy atom. The van der Waals surface area contributed by atoms with Crippen molar-refractivity contribution in [3.63, 3.8) is 0 Å². The summed E-state index contributed by atoms with van der Waals surface area (Å²) in [4.78, 5) is 7.94. The average Bonchev–Trinajstić information content (AvgIpc) is 2.85. The standard InChI is InChI=1S/C24H17NO12S3.3Na/c1-12(13-4-2-3-5-18(13)25(26)27)37-19-10-20(38(28,29)30)15-8-9-17-22(40(34,35)36)11-21(39(31,32)33)16-7-6-14(19)23(15)24(16)17;;;/h2-12H,1H3,(H,28,29,30)(H,31,32,33)(H,34,35,36);;;/q;3*+1/p-3. The number of hydrogen-bond acceptors (Lipinski definition) is 12. The minimum absolute atomic E-state index is 0. The molecule has 0 saturated carbocycles. The normalized spacial score (nSPS) is 12.7. The molecule has 0 N–H and O–H groups in total. The number of para-hydroxylation sites is 1. The molecule has 0 radical (unpaired) electrons. The summed E-state index contributed by atoms with van der Waals surface area (Å²) in [5.74, 6) is -0.274. The number of hydrogen-bond donors (Lipinski definition) is 0. The van der Waals surface area contributed by atoms with Crippen LogP contribution in [0.1, 0.15) is 18.6 Å². The first-order chi connectivity index (χ1) is 18.5. The second-order valence-electron chi connectivity index (χ2n) is 8.76. The smallest absolute Gasteiger partial charge is 0.744 e. The third-order valence-electron chi connectivity index (χ3n) is 6.43. The molecule has 0 spiro atoms. The molecule has 1 unspecified atom stereocenters. The molecule has 0 aliphatic heterocycles. The average molecular weight is 674 g/mol. The van der Waals surface area contributed by atoms with Gasteiger partial charge in [-0.05, 0) is 31.2 Å². The number of benzene rings is 5. The molecule has 208 valence electrons. The van der Waals surface area contributed by atoms with Gasteiger partial charge in [0.15, 0.2) is 0 Å². The van der Waals surface area contributed by atoms with Crippen molar-refractivity contribution in [1.82, 2.24) is 0 Å². The van der Waals surface area contributed by atoms with E-state index in [9.17, 15) is 49.0 Å². The first-order valence-electron chi connectivity index (χ1n) is 11.1. The van der Waals surface area contributed by atoms with Gasteiger partial charge in [-0.15, -0.1) is 0 Å². The van der Waals surface area contributed by atoms with Gasteiger partial charge >= 0.3 is 88.7 Å². The Balaban J connectivity index is 0.00000215. The molecule has 13 nitrogen and oxygen atoms in total. The Labute approximate surface area is 311 Å². The molecule has 0 aliphatic rings. The second kappa shape index (κ2) is 13.4. The molecule has 0 bridgehead atoms. The van der Waals surface area contributed by atoms with E-state index in [0.29, 0.717) is 6.07 Å². The van der Waals surface area contributed by atoms with E-state index < -0.39 is 56.1 Å². The number of ether oxygens (including phenoxy) is 1. The van der Waals surface area contributed by atoms with Crippen LogP contribution in [-0.2, 0) is 30.4 Å². The summed E-state index contributed by atoms with van der Waals surface area (Å²) in [6, 6.07) is 11.4. The molecule has 43 heavy (non-hydrogen) atoms. The third-order valence-corrected chi connectivity index (χ3v) is 9.06. The summed E-state index contributed by atoms with van der Waals surface area (Å²) in [7, 11) is -16.0. The van der Waals surface area contributed by atoms with Crippen molar-refractivity contribution in [2.45, 2.75) is 27.7 Å². The predicted octanol–water partition coefficient (Wildman–Crippen LogP) is -5.64. The second-order valence-corrected chi connectivity index (χ2v) is 12.8. The van der Waals surface area contributed by atoms with Gasteiger partial charge in [-0.1, -0.05) is 30.3 Å². The van der Waals surface area contributed by atoms with Crippen molar-refractivity contribution in [2.75, 3.05) is 0 Å². The van der Waals surface area contributed by atoms with Crippen LogP contribution in [0, 0.1) is 10.1 Å². The van der Waals surface area contributed by atoms with Crippen molar-refractivity contribution in [2.24, 2.45) is 0 Å². The largest absolute Gasteiger partial charge is 1.00 e. The van der Waals surface area contributed by atoms with Crippen molar-refractivity contribution in [1.29, 1.82) is 0 Å². The molecule has 5 aromatic carbocycles. The fraction of sp³-hybridized carbons (Fsp3) is 0.0833. The molecule has 1 atom stereocenters. The fourth-order valence-electron chi connectivity index (χ4n) is 4.84. The molecule has 0 amide bonds. The van der Waals surface area contributed by atoms with Crippen molar-refractivity contribution in [3.8, 4) is 5.75 Å². The Kier molecular flexibility index (Phi) is 11.9. The molecule has 0 saturated heterocycles. The van der Waals surface area contributed by atoms with E-state index in [1.807, 2.05) is 0 Å². The quantitative estimate of drug-likeness (QED) is 0.0518. The zero-order valence-corrected chi connectivity index (χ0v) is 31.4. The monoisotopic (exact) mass is 673 g/mol. The third kappa shape index (κ3) is 7.08. The number of nitro groups is 1. The van der Waals surface area contributed by atoms with Crippen molar-refractivity contribution < 1.29 is 137 Å². The predicted molar refractivity (Wildman–Crippen MR) is 136 cm³/mol. The zero-order chi connectivity index (χ0) is 29.4. The minimum Gasteiger partial charge on any atom is -0.744 e. The van der Waals surface area contributed by atoms with E-state index in [0.717, 1.165) is 24.3 Å². The van der Waals surface area contributed by atoms with Gasteiger partial charge in [0.05, 0.1) is 25.2 Å². The summed E-state index contributed by atoms with van der Waals surface area (Å²) < 4.78 is 115. The van der Waals surface area contributed by atoms with Gasteiger partial charge in [0.2, 0.25) is 0 Å². The van der Waals surface area contributed by atoms with Crippen LogP contribution in [0.5, 0.6) is 5.75 Å².